The van der Waals surface area contributed by atoms with Gasteiger partial charge in [-0.2, -0.15) is 0 Å². The molecule has 7 nitrogen and oxygen atoms in total. The molecule has 0 radical (unpaired) electrons. The Morgan fingerprint density at radius 2 is 1.94 bits per heavy atom. The average Bonchev–Trinajstić information content (AvgIpc) is 2.79. The van der Waals surface area contributed by atoms with Gasteiger partial charge in [0.1, 0.15) is 23.5 Å². The Kier molecular flexibility index (Phi) is 7.87. The minimum atomic E-state index is -3.55. The third kappa shape index (κ3) is 6.08. The second-order valence-electron chi connectivity index (χ2n) is 7.55. The highest BCUT2D eigenvalue weighted by Gasteiger charge is 2.20. The Labute approximate surface area is 188 Å². The maximum Gasteiger partial charge on any atom is 0.235 e. The van der Waals surface area contributed by atoms with E-state index in [0.29, 0.717) is 17.0 Å². The number of hydrogen-bond donors (Lipinski definition) is 3. The van der Waals surface area contributed by atoms with E-state index >= 15 is 0 Å². The number of rotatable bonds is 9. The van der Waals surface area contributed by atoms with Crippen molar-refractivity contribution in [2.75, 3.05) is 29.7 Å². The summed E-state index contributed by atoms with van der Waals surface area (Å²) < 4.78 is 46.8. The van der Waals surface area contributed by atoms with E-state index in [-0.39, 0.29) is 29.8 Å². The average molecular weight is 461 g/mol. The number of piperidine rings is 1. The summed E-state index contributed by atoms with van der Waals surface area (Å²) in [5.74, 6) is -0.00660. The van der Waals surface area contributed by atoms with Crippen molar-refractivity contribution in [3.8, 4) is 5.75 Å². The second kappa shape index (κ2) is 10.6. The Hall–Kier alpha value is -2.91. The summed E-state index contributed by atoms with van der Waals surface area (Å²) in [5.41, 5.74) is 6.60. The van der Waals surface area contributed by atoms with Crippen LogP contribution in [0.25, 0.3) is 6.08 Å². The SMILES string of the molecule is CCS(=O)(=O)N(CC=Cc1cc(C(=N)N)ccc1F)c1ccc(OC2CCNCC2)cc1. The molecule has 9 heteroatoms. The lowest BCUT2D eigenvalue weighted by atomic mass is 10.1. The number of sulfonamides is 1. The van der Waals surface area contributed by atoms with E-state index in [1.54, 1.807) is 37.3 Å². The summed E-state index contributed by atoms with van der Waals surface area (Å²) in [6, 6.07) is 11.1. The number of nitrogens with zero attached hydrogens (tertiary/aromatic N) is 1. The highest BCUT2D eigenvalue weighted by molar-refractivity contribution is 7.92. The first kappa shape index (κ1) is 23.7. The molecule has 0 aromatic heterocycles. The number of nitrogen functional groups attached to an aromatic ring is 1. The van der Waals surface area contributed by atoms with Crippen molar-refractivity contribution in [3.05, 3.63) is 65.5 Å². The molecule has 3 rings (SSSR count). The van der Waals surface area contributed by atoms with Crippen LogP contribution in [0.15, 0.2) is 48.5 Å². The fourth-order valence-corrected chi connectivity index (χ4v) is 4.51. The number of halogens is 1. The number of nitrogens with two attached hydrogens (primary N) is 1. The lowest BCUT2D eigenvalue weighted by molar-refractivity contribution is 0.162. The van der Waals surface area contributed by atoms with Gasteiger partial charge in [-0.25, -0.2) is 12.8 Å². The van der Waals surface area contributed by atoms with Crippen LogP contribution < -0.4 is 20.1 Å². The molecule has 1 fully saturated rings. The summed E-state index contributed by atoms with van der Waals surface area (Å²) in [7, 11) is -3.55. The van der Waals surface area contributed by atoms with Crippen molar-refractivity contribution >= 4 is 27.6 Å². The van der Waals surface area contributed by atoms with E-state index in [0.717, 1.165) is 25.9 Å². The zero-order valence-corrected chi connectivity index (χ0v) is 18.9. The lowest BCUT2D eigenvalue weighted by Crippen LogP contribution is -2.34. The van der Waals surface area contributed by atoms with Crippen LogP contribution in [0, 0.1) is 11.2 Å². The Bertz CT molecular complexity index is 1070. The van der Waals surface area contributed by atoms with E-state index in [4.69, 9.17) is 15.9 Å². The molecule has 0 amide bonds. The maximum absolute atomic E-state index is 14.1. The fourth-order valence-electron chi connectivity index (χ4n) is 3.45. The van der Waals surface area contributed by atoms with Gasteiger partial charge in [0.05, 0.1) is 18.0 Å². The van der Waals surface area contributed by atoms with Crippen molar-refractivity contribution in [3.63, 3.8) is 0 Å². The molecule has 2 aromatic carbocycles. The van der Waals surface area contributed by atoms with Gasteiger partial charge in [-0.05, 0) is 75.3 Å². The van der Waals surface area contributed by atoms with Crippen molar-refractivity contribution in [2.45, 2.75) is 25.9 Å². The van der Waals surface area contributed by atoms with Crippen LogP contribution in [0.4, 0.5) is 10.1 Å². The third-order valence-electron chi connectivity index (χ3n) is 5.29. The van der Waals surface area contributed by atoms with Crippen LogP contribution >= 0.6 is 0 Å². The Balaban J connectivity index is 1.76. The molecule has 0 aliphatic carbocycles. The van der Waals surface area contributed by atoms with Crippen LogP contribution in [0.5, 0.6) is 5.75 Å². The van der Waals surface area contributed by atoms with Gasteiger partial charge in [0.2, 0.25) is 10.0 Å². The van der Waals surface area contributed by atoms with E-state index in [1.807, 2.05) is 0 Å². The van der Waals surface area contributed by atoms with Crippen molar-refractivity contribution in [2.24, 2.45) is 5.73 Å². The van der Waals surface area contributed by atoms with E-state index in [9.17, 15) is 12.8 Å². The number of benzene rings is 2. The minimum Gasteiger partial charge on any atom is -0.490 e. The molecule has 0 unspecified atom stereocenters. The van der Waals surface area contributed by atoms with E-state index < -0.39 is 15.8 Å². The molecule has 4 N–H and O–H groups in total. The molecular weight excluding hydrogens is 431 g/mol. The third-order valence-corrected chi connectivity index (χ3v) is 7.05. The Morgan fingerprint density at radius 1 is 1.25 bits per heavy atom. The molecular formula is C23H29FN4O3S. The van der Waals surface area contributed by atoms with Gasteiger partial charge in [0.15, 0.2) is 0 Å². The summed E-state index contributed by atoms with van der Waals surface area (Å²) >= 11 is 0. The van der Waals surface area contributed by atoms with Gasteiger partial charge in [0, 0.05) is 11.1 Å². The lowest BCUT2D eigenvalue weighted by Gasteiger charge is -2.25. The first-order valence-electron chi connectivity index (χ1n) is 10.6. The van der Waals surface area contributed by atoms with Gasteiger partial charge in [0.25, 0.3) is 0 Å². The van der Waals surface area contributed by atoms with Gasteiger partial charge in [-0.1, -0.05) is 12.2 Å². The molecule has 1 aliphatic rings. The number of amidine groups is 1. The van der Waals surface area contributed by atoms with E-state index in [2.05, 4.69) is 5.32 Å². The number of nitrogens with one attached hydrogen (secondary N) is 2. The zero-order chi connectivity index (χ0) is 23.1. The van der Waals surface area contributed by atoms with Gasteiger partial charge >= 0.3 is 0 Å². The first-order chi connectivity index (χ1) is 15.3. The quantitative estimate of drug-likeness (QED) is 0.394. The summed E-state index contributed by atoms with van der Waals surface area (Å²) in [4.78, 5) is 0. The zero-order valence-electron chi connectivity index (χ0n) is 18.1. The van der Waals surface area contributed by atoms with Crippen LogP contribution in [-0.4, -0.2) is 45.7 Å². The molecule has 32 heavy (non-hydrogen) atoms. The standard InChI is InChI=1S/C23H29FN4O3S/c1-2-32(29,30)28(15-3-4-17-16-18(23(25)26)5-10-22(17)24)19-6-8-20(9-7-19)31-21-11-13-27-14-12-21/h3-10,16,21,27H,2,11-15H2,1H3,(H3,25,26). The maximum atomic E-state index is 14.1. The van der Waals surface area contributed by atoms with Crippen LogP contribution in [0.3, 0.4) is 0 Å². The molecule has 0 bridgehead atoms. The first-order valence-corrected chi connectivity index (χ1v) is 12.2. The van der Waals surface area contributed by atoms with Crippen LogP contribution in [0.1, 0.15) is 30.9 Å². The minimum absolute atomic E-state index is 0.0361. The largest absolute Gasteiger partial charge is 0.490 e. The molecule has 1 heterocycles. The van der Waals surface area contributed by atoms with Gasteiger partial charge in [-0.15, -0.1) is 0 Å². The summed E-state index contributed by atoms with van der Waals surface area (Å²) in [5, 5.41) is 10.8. The molecule has 0 spiro atoms. The van der Waals surface area contributed by atoms with Crippen LogP contribution in [0.2, 0.25) is 0 Å². The molecule has 172 valence electrons. The molecule has 2 aromatic rings. The molecule has 0 saturated carbocycles. The molecule has 0 atom stereocenters. The summed E-state index contributed by atoms with van der Waals surface area (Å²) in [6.07, 6.45) is 5.10. The molecule has 1 aliphatic heterocycles. The number of hydrogen-bond acceptors (Lipinski definition) is 5. The number of ether oxygens (including phenoxy) is 1. The van der Waals surface area contributed by atoms with Gasteiger partial charge < -0.3 is 15.8 Å². The predicted octanol–water partition coefficient (Wildman–Crippen LogP) is 3.11. The van der Waals surface area contributed by atoms with Crippen molar-refractivity contribution in [1.29, 1.82) is 5.41 Å². The second-order valence-corrected chi connectivity index (χ2v) is 9.73. The van der Waals surface area contributed by atoms with Crippen molar-refractivity contribution in [1.82, 2.24) is 5.32 Å². The van der Waals surface area contributed by atoms with Crippen LogP contribution in [-0.2, 0) is 10.0 Å². The normalized spacial score (nSPS) is 15.1. The fraction of sp³-hybridized carbons (Fsp3) is 0.348. The number of anilines is 1. The van der Waals surface area contributed by atoms with Crippen molar-refractivity contribution < 1.29 is 17.5 Å². The Morgan fingerprint density at radius 3 is 2.56 bits per heavy atom. The monoisotopic (exact) mass is 460 g/mol. The smallest absolute Gasteiger partial charge is 0.235 e. The predicted molar refractivity (Wildman–Crippen MR) is 126 cm³/mol. The van der Waals surface area contributed by atoms with Gasteiger partial charge in [-0.3, -0.25) is 9.71 Å². The summed E-state index contributed by atoms with van der Waals surface area (Å²) in [6.45, 7) is 3.46. The van der Waals surface area contributed by atoms with E-state index in [1.165, 1.54) is 28.6 Å². The highest BCUT2D eigenvalue weighted by atomic mass is 32.2. The topological polar surface area (TPSA) is 109 Å². The highest BCUT2D eigenvalue weighted by Crippen LogP contribution is 2.24. The molecule has 1 saturated heterocycles.